The summed E-state index contributed by atoms with van der Waals surface area (Å²) in [5.41, 5.74) is 11.3. The van der Waals surface area contributed by atoms with Crippen molar-refractivity contribution in [2.24, 2.45) is 16.5 Å². The van der Waals surface area contributed by atoms with Gasteiger partial charge in [0.25, 0.3) is 0 Å². The van der Waals surface area contributed by atoms with Gasteiger partial charge in [0.1, 0.15) is 28.7 Å². The third-order valence-corrected chi connectivity index (χ3v) is 8.04. The first kappa shape index (κ1) is 33.4. The molecule has 0 radical (unpaired) electrons. The van der Waals surface area contributed by atoms with E-state index in [2.05, 4.69) is 15.0 Å². The van der Waals surface area contributed by atoms with Crippen LogP contribution in [0.1, 0.15) is 24.8 Å². The third-order valence-electron chi connectivity index (χ3n) is 5.71. The maximum Gasteiger partial charge on any atom is 0.245 e. The lowest BCUT2D eigenvalue weighted by molar-refractivity contribution is -0.125. The zero-order valence-corrected chi connectivity index (χ0v) is 24.3. The van der Waals surface area contributed by atoms with E-state index in [4.69, 9.17) is 11.5 Å². The molecule has 13 nitrogen and oxygen atoms in total. The Balaban J connectivity index is 2.29. The van der Waals surface area contributed by atoms with Crippen LogP contribution in [-0.4, -0.2) is 78.1 Å². The number of carbonyl (C=O) groups excluding carboxylic acids is 3. The maximum absolute atomic E-state index is 13.8. The van der Waals surface area contributed by atoms with E-state index >= 15 is 0 Å². The van der Waals surface area contributed by atoms with Crippen LogP contribution in [0.4, 0.5) is 5.69 Å². The molecule has 0 spiro atoms. The second-order valence-corrected chi connectivity index (χ2v) is 13.4. The number of anilines is 1. The lowest BCUT2D eigenvalue weighted by Crippen LogP contribution is -2.53. The molecule has 0 saturated heterocycles. The number of hydrogen-bond donors (Lipinski definition) is 4. The Bertz CT molecular complexity index is 1400. The Morgan fingerprint density at radius 3 is 2.15 bits per heavy atom. The van der Waals surface area contributed by atoms with Gasteiger partial charge in [-0.05, 0) is 37.0 Å². The number of aliphatic imine (C=N–C) groups is 1. The normalized spacial score (nSPS) is 13.0. The molecule has 2 atom stereocenters. The van der Waals surface area contributed by atoms with Crippen LogP contribution in [0.2, 0.25) is 0 Å². The second-order valence-electron chi connectivity index (χ2n) is 9.35. The molecule has 2 aromatic rings. The first-order valence-corrected chi connectivity index (χ1v) is 16.4. The molecule has 0 aromatic heterocycles. The molecule has 0 bridgehead atoms. The van der Waals surface area contributed by atoms with E-state index in [1.807, 2.05) is 0 Å². The first-order chi connectivity index (χ1) is 19.3. The number of aldehydes is 1. The predicted octanol–water partition coefficient (Wildman–Crippen LogP) is -0.320. The van der Waals surface area contributed by atoms with Crippen molar-refractivity contribution < 1.29 is 31.2 Å². The molecule has 0 saturated carbocycles. The lowest BCUT2D eigenvalue weighted by Gasteiger charge is -2.28. The van der Waals surface area contributed by atoms with Gasteiger partial charge in [0.15, 0.2) is 5.96 Å². The first-order valence-electron chi connectivity index (χ1n) is 12.7. The highest BCUT2D eigenvalue weighted by atomic mass is 32.2. The fourth-order valence-corrected chi connectivity index (χ4v) is 5.83. The summed E-state index contributed by atoms with van der Waals surface area (Å²) in [6.07, 6.45) is 1.80. The highest BCUT2D eigenvalue weighted by Gasteiger charge is 2.31. The van der Waals surface area contributed by atoms with E-state index in [1.54, 1.807) is 60.7 Å². The largest absolute Gasteiger partial charge is 0.370 e. The molecule has 0 aliphatic rings. The van der Waals surface area contributed by atoms with E-state index in [9.17, 15) is 31.2 Å². The van der Waals surface area contributed by atoms with Crippen LogP contribution >= 0.6 is 0 Å². The summed E-state index contributed by atoms with van der Waals surface area (Å²) in [7, 11) is -7.67. The summed E-state index contributed by atoms with van der Waals surface area (Å²) in [5.74, 6) is -2.53. The minimum absolute atomic E-state index is 0.0986. The van der Waals surface area contributed by atoms with Gasteiger partial charge < -0.3 is 26.5 Å². The predicted molar refractivity (Wildman–Crippen MR) is 157 cm³/mol. The number of nitrogens with zero attached hydrogens (tertiary/aromatic N) is 2. The van der Waals surface area contributed by atoms with Gasteiger partial charge in [-0.2, -0.15) is 0 Å². The average molecular weight is 609 g/mol. The average Bonchev–Trinajstić information content (AvgIpc) is 2.91. The summed E-state index contributed by atoms with van der Waals surface area (Å²) >= 11 is 0. The third kappa shape index (κ3) is 12.9. The van der Waals surface area contributed by atoms with Gasteiger partial charge in [0.05, 0.1) is 17.5 Å². The molecule has 15 heteroatoms. The van der Waals surface area contributed by atoms with Crippen molar-refractivity contribution in [2.45, 2.75) is 37.1 Å². The van der Waals surface area contributed by atoms with Crippen LogP contribution in [0.25, 0.3) is 0 Å². The van der Waals surface area contributed by atoms with Crippen LogP contribution in [0, 0.1) is 0 Å². The topological polar surface area (TPSA) is 211 Å². The Morgan fingerprint density at radius 1 is 0.976 bits per heavy atom. The van der Waals surface area contributed by atoms with Crippen molar-refractivity contribution in [1.29, 1.82) is 0 Å². The van der Waals surface area contributed by atoms with Gasteiger partial charge in [-0.1, -0.05) is 48.5 Å². The van der Waals surface area contributed by atoms with Crippen molar-refractivity contribution in [3.8, 4) is 0 Å². The number of sulfone groups is 1. The summed E-state index contributed by atoms with van der Waals surface area (Å²) < 4.78 is 52.1. The van der Waals surface area contributed by atoms with Crippen LogP contribution in [-0.2, 0) is 40.0 Å². The van der Waals surface area contributed by atoms with Crippen molar-refractivity contribution in [3.63, 3.8) is 0 Å². The van der Waals surface area contributed by atoms with E-state index < -0.39 is 61.8 Å². The summed E-state index contributed by atoms with van der Waals surface area (Å²) in [6.45, 7) is -0.306. The van der Waals surface area contributed by atoms with Gasteiger partial charge in [-0.15, -0.1) is 0 Å². The van der Waals surface area contributed by atoms with Gasteiger partial charge in [-0.3, -0.25) is 14.6 Å². The molecule has 2 rings (SSSR count). The van der Waals surface area contributed by atoms with E-state index in [1.165, 1.54) is 0 Å². The summed E-state index contributed by atoms with van der Waals surface area (Å²) in [6, 6.07) is 13.9. The molecule has 224 valence electrons. The number of amides is 2. The molecular weight excluding hydrogens is 572 g/mol. The lowest BCUT2D eigenvalue weighted by atomic mass is 10.1. The number of hydrogen-bond acceptors (Lipinski definition) is 8. The van der Waals surface area contributed by atoms with Crippen LogP contribution < -0.4 is 26.4 Å². The molecule has 0 aliphatic carbocycles. The molecule has 2 unspecified atom stereocenters. The molecule has 41 heavy (non-hydrogen) atoms. The Kier molecular flexibility index (Phi) is 12.9. The molecule has 6 N–H and O–H groups in total. The summed E-state index contributed by atoms with van der Waals surface area (Å²) in [4.78, 5) is 43.1. The molecule has 2 aromatic carbocycles. The zero-order chi connectivity index (χ0) is 30.5. The highest BCUT2D eigenvalue weighted by Crippen LogP contribution is 2.17. The molecule has 0 aliphatic heterocycles. The highest BCUT2D eigenvalue weighted by molar-refractivity contribution is 7.90. The van der Waals surface area contributed by atoms with E-state index in [0.29, 0.717) is 18.3 Å². The smallest absolute Gasteiger partial charge is 0.245 e. The van der Waals surface area contributed by atoms with Gasteiger partial charge in [0.2, 0.25) is 21.8 Å². The van der Waals surface area contributed by atoms with E-state index in [-0.39, 0.29) is 31.0 Å². The second kappa shape index (κ2) is 15.8. The zero-order valence-electron chi connectivity index (χ0n) is 22.7. The monoisotopic (exact) mass is 608 g/mol. The van der Waals surface area contributed by atoms with E-state index in [0.717, 1.165) is 11.2 Å². The number of carbonyl (C=O) groups is 3. The number of rotatable bonds is 17. The van der Waals surface area contributed by atoms with Crippen molar-refractivity contribution in [3.05, 3.63) is 66.2 Å². The van der Waals surface area contributed by atoms with Crippen molar-refractivity contribution in [2.75, 3.05) is 30.0 Å². The maximum atomic E-state index is 13.8. The number of nitrogens with one attached hydrogen (secondary N) is 2. The number of guanidine groups is 1. The van der Waals surface area contributed by atoms with Gasteiger partial charge in [0, 0.05) is 18.5 Å². The Morgan fingerprint density at radius 2 is 1.59 bits per heavy atom. The molecular formula is C26H36N6O7S2. The Labute approximate surface area is 240 Å². The quantitative estimate of drug-likeness (QED) is 0.0801. The van der Waals surface area contributed by atoms with Gasteiger partial charge in [-0.25, -0.2) is 21.6 Å². The number of benzene rings is 2. The SMILES string of the molecule is CS(=O)(=O)CCC(NS(=O)(=O)Cc1ccccc1)C(=O)N(CC(=O)NC(C=O)CCCN=C(N)N)c1ccccc1. The fourth-order valence-electron chi connectivity index (χ4n) is 3.80. The molecule has 0 fully saturated rings. The van der Waals surface area contributed by atoms with Gasteiger partial charge >= 0.3 is 0 Å². The fraction of sp³-hybridized carbons (Fsp3) is 0.385. The van der Waals surface area contributed by atoms with Crippen LogP contribution in [0.5, 0.6) is 0 Å². The van der Waals surface area contributed by atoms with Crippen LogP contribution in [0.3, 0.4) is 0 Å². The standard InChI is InChI=1S/C26H36N6O7S2/c1-40(36,37)16-14-23(31-41(38,39)19-20-9-4-2-5-10-20)25(35)32(22-12-6-3-7-13-22)17-24(34)30-21(18-33)11-8-15-29-26(27)28/h2-7,9-10,12-13,18,21,23,31H,8,11,14-17,19H2,1H3,(H,30,34)(H4,27,28,29). The minimum atomic E-state index is -4.10. The van der Waals surface area contributed by atoms with Crippen LogP contribution in [0.15, 0.2) is 65.7 Å². The molecule has 2 amide bonds. The number of para-hydroxylation sites is 1. The number of nitrogens with two attached hydrogens (primary N) is 2. The number of sulfonamides is 1. The van der Waals surface area contributed by atoms with Crippen molar-refractivity contribution >= 4 is 49.6 Å². The van der Waals surface area contributed by atoms with Crippen molar-refractivity contribution in [1.82, 2.24) is 10.0 Å². The Hall–Kier alpha value is -3.82. The molecule has 0 heterocycles. The minimum Gasteiger partial charge on any atom is -0.370 e. The summed E-state index contributed by atoms with van der Waals surface area (Å²) in [5, 5.41) is 2.54.